The molecule has 2 rings (SSSR count). The van der Waals surface area contributed by atoms with Gasteiger partial charge >= 0.3 is 0 Å². The molecule has 21 heavy (non-hydrogen) atoms. The van der Waals surface area contributed by atoms with Crippen molar-refractivity contribution in [3.05, 3.63) is 64.2 Å². The molecule has 0 aliphatic heterocycles. The molecule has 0 aromatic heterocycles. The summed E-state index contributed by atoms with van der Waals surface area (Å²) in [5.41, 5.74) is 7.68. The van der Waals surface area contributed by atoms with Crippen molar-refractivity contribution in [3.63, 3.8) is 0 Å². The van der Waals surface area contributed by atoms with Crippen LogP contribution in [0.2, 0.25) is 0 Å². The summed E-state index contributed by atoms with van der Waals surface area (Å²) >= 11 is 0. The average Bonchev–Trinajstić information content (AvgIpc) is 2.47. The lowest BCUT2D eigenvalue weighted by molar-refractivity contribution is -0.384. The normalized spacial score (nSPS) is 10.3. The SMILES string of the molecule is Nc1cc(N(CCO)Cc2ccccc2)cc([N+](=O)[O-])c1. The molecule has 6 heteroatoms. The van der Waals surface area contributed by atoms with Crippen LogP contribution in [-0.4, -0.2) is 23.2 Å². The zero-order valence-corrected chi connectivity index (χ0v) is 11.5. The average molecular weight is 287 g/mol. The molecule has 2 aromatic rings. The van der Waals surface area contributed by atoms with Gasteiger partial charge in [0, 0.05) is 36.6 Å². The molecular formula is C15H17N3O3. The minimum atomic E-state index is -0.473. The zero-order chi connectivity index (χ0) is 15.2. The Bertz CT molecular complexity index is 617. The molecule has 0 saturated carbocycles. The second-order valence-electron chi connectivity index (χ2n) is 4.67. The van der Waals surface area contributed by atoms with Crippen molar-refractivity contribution in [3.8, 4) is 0 Å². The predicted molar refractivity (Wildman–Crippen MR) is 82.1 cm³/mol. The van der Waals surface area contributed by atoms with Crippen molar-refractivity contribution >= 4 is 17.1 Å². The number of hydrogen-bond acceptors (Lipinski definition) is 5. The molecule has 6 nitrogen and oxygen atoms in total. The van der Waals surface area contributed by atoms with Gasteiger partial charge in [-0.15, -0.1) is 0 Å². The van der Waals surface area contributed by atoms with E-state index >= 15 is 0 Å². The van der Waals surface area contributed by atoms with Crippen LogP contribution in [0.3, 0.4) is 0 Å². The Morgan fingerprint density at radius 2 is 1.90 bits per heavy atom. The van der Waals surface area contributed by atoms with E-state index in [1.54, 1.807) is 6.07 Å². The fourth-order valence-corrected chi connectivity index (χ4v) is 2.13. The first-order valence-corrected chi connectivity index (χ1v) is 6.55. The largest absolute Gasteiger partial charge is 0.398 e. The molecule has 0 bridgehead atoms. The molecule has 0 saturated heterocycles. The molecule has 110 valence electrons. The third kappa shape index (κ3) is 3.93. The number of aliphatic hydroxyl groups excluding tert-OH is 1. The minimum Gasteiger partial charge on any atom is -0.398 e. The smallest absolute Gasteiger partial charge is 0.273 e. The molecule has 0 radical (unpaired) electrons. The topological polar surface area (TPSA) is 92.6 Å². The van der Waals surface area contributed by atoms with Gasteiger partial charge in [0.2, 0.25) is 0 Å². The number of rotatable bonds is 6. The first kappa shape index (κ1) is 14.8. The molecule has 3 N–H and O–H groups in total. The van der Waals surface area contributed by atoms with Gasteiger partial charge in [-0.25, -0.2) is 0 Å². The maximum Gasteiger partial charge on any atom is 0.273 e. The molecule has 0 unspecified atom stereocenters. The summed E-state index contributed by atoms with van der Waals surface area (Å²) in [5, 5.41) is 20.1. The fraction of sp³-hybridized carbons (Fsp3) is 0.200. The summed E-state index contributed by atoms with van der Waals surface area (Å²) in [5.74, 6) is 0. The van der Waals surface area contributed by atoms with E-state index in [1.165, 1.54) is 12.1 Å². The van der Waals surface area contributed by atoms with E-state index in [9.17, 15) is 15.2 Å². The number of nitrogens with two attached hydrogens (primary N) is 1. The molecule has 0 aliphatic carbocycles. The van der Waals surface area contributed by atoms with Gasteiger partial charge in [-0.3, -0.25) is 10.1 Å². The molecule has 0 atom stereocenters. The van der Waals surface area contributed by atoms with Gasteiger partial charge in [-0.2, -0.15) is 0 Å². The van der Waals surface area contributed by atoms with Crippen LogP contribution in [0.15, 0.2) is 48.5 Å². The number of non-ortho nitro benzene ring substituents is 1. The lowest BCUT2D eigenvalue weighted by Gasteiger charge is -2.24. The highest BCUT2D eigenvalue weighted by Crippen LogP contribution is 2.26. The number of anilines is 2. The Kier molecular flexibility index (Phi) is 4.73. The third-order valence-electron chi connectivity index (χ3n) is 3.09. The summed E-state index contributed by atoms with van der Waals surface area (Å²) in [6.45, 7) is 0.868. The fourth-order valence-electron chi connectivity index (χ4n) is 2.13. The standard InChI is InChI=1S/C15H17N3O3/c16-13-8-14(10-15(9-13)18(20)21)17(6-7-19)11-12-4-2-1-3-5-12/h1-5,8-10,19H,6-7,11,16H2. The van der Waals surface area contributed by atoms with E-state index in [0.29, 0.717) is 24.5 Å². The number of benzene rings is 2. The van der Waals surface area contributed by atoms with Crippen LogP contribution in [0, 0.1) is 10.1 Å². The Balaban J connectivity index is 2.31. The van der Waals surface area contributed by atoms with Crippen molar-refractivity contribution in [1.29, 1.82) is 0 Å². The molecule has 0 amide bonds. The van der Waals surface area contributed by atoms with Crippen molar-refractivity contribution in [2.24, 2.45) is 0 Å². The van der Waals surface area contributed by atoms with Crippen LogP contribution in [0.25, 0.3) is 0 Å². The zero-order valence-electron chi connectivity index (χ0n) is 11.5. The summed E-state index contributed by atoms with van der Waals surface area (Å²) < 4.78 is 0. The van der Waals surface area contributed by atoms with E-state index < -0.39 is 4.92 Å². The highest BCUT2D eigenvalue weighted by molar-refractivity contribution is 5.62. The minimum absolute atomic E-state index is 0.0462. The van der Waals surface area contributed by atoms with Crippen LogP contribution in [-0.2, 0) is 6.54 Å². The first-order chi connectivity index (χ1) is 10.1. The van der Waals surface area contributed by atoms with Crippen LogP contribution in [0.1, 0.15) is 5.56 Å². The summed E-state index contributed by atoms with van der Waals surface area (Å²) in [4.78, 5) is 12.3. The number of nitrogen functional groups attached to an aromatic ring is 1. The van der Waals surface area contributed by atoms with E-state index in [-0.39, 0.29) is 12.3 Å². The van der Waals surface area contributed by atoms with Gasteiger partial charge < -0.3 is 15.7 Å². The van der Waals surface area contributed by atoms with Crippen LogP contribution in [0.5, 0.6) is 0 Å². The van der Waals surface area contributed by atoms with Crippen molar-refractivity contribution in [2.45, 2.75) is 6.54 Å². The Labute approximate surface area is 122 Å². The molecular weight excluding hydrogens is 270 g/mol. The number of nitro groups is 1. The molecule has 0 fully saturated rings. The molecule has 0 spiro atoms. The van der Waals surface area contributed by atoms with Crippen molar-refractivity contribution < 1.29 is 10.0 Å². The summed E-state index contributed by atoms with van der Waals surface area (Å²) in [6, 6.07) is 14.2. The Morgan fingerprint density at radius 1 is 1.19 bits per heavy atom. The van der Waals surface area contributed by atoms with E-state index in [1.807, 2.05) is 35.2 Å². The van der Waals surface area contributed by atoms with Gasteiger partial charge in [0.1, 0.15) is 0 Å². The summed E-state index contributed by atoms with van der Waals surface area (Å²) in [7, 11) is 0. The predicted octanol–water partition coefficient (Wildman–Crippen LogP) is 2.18. The summed E-state index contributed by atoms with van der Waals surface area (Å²) in [6.07, 6.45) is 0. The number of hydrogen-bond donors (Lipinski definition) is 2. The van der Waals surface area contributed by atoms with Gasteiger partial charge in [-0.05, 0) is 11.6 Å². The third-order valence-corrected chi connectivity index (χ3v) is 3.09. The quantitative estimate of drug-likeness (QED) is 0.482. The monoisotopic (exact) mass is 287 g/mol. The Hall–Kier alpha value is -2.60. The van der Waals surface area contributed by atoms with Crippen LogP contribution >= 0.6 is 0 Å². The van der Waals surface area contributed by atoms with Crippen LogP contribution in [0.4, 0.5) is 17.1 Å². The maximum atomic E-state index is 10.9. The van der Waals surface area contributed by atoms with Gasteiger partial charge in [0.05, 0.1) is 11.5 Å². The molecule has 2 aromatic carbocycles. The van der Waals surface area contributed by atoms with E-state index in [4.69, 9.17) is 5.73 Å². The van der Waals surface area contributed by atoms with Crippen molar-refractivity contribution in [1.82, 2.24) is 0 Å². The van der Waals surface area contributed by atoms with E-state index in [2.05, 4.69) is 0 Å². The van der Waals surface area contributed by atoms with E-state index in [0.717, 1.165) is 5.56 Å². The van der Waals surface area contributed by atoms with Gasteiger partial charge in [0.15, 0.2) is 0 Å². The number of nitro benzene ring substituents is 1. The lowest BCUT2D eigenvalue weighted by Crippen LogP contribution is -2.26. The van der Waals surface area contributed by atoms with Gasteiger partial charge in [0.25, 0.3) is 5.69 Å². The highest BCUT2D eigenvalue weighted by atomic mass is 16.6. The Morgan fingerprint density at radius 3 is 2.52 bits per heavy atom. The van der Waals surface area contributed by atoms with Crippen LogP contribution < -0.4 is 10.6 Å². The van der Waals surface area contributed by atoms with Gasteiger partial charge in [-0.1, -0.05) is 30.3 Å². The second kappa shape index (κ2) is 6.71. The van der Waals surface area contributed by atoms with Crippen molar-refractivity contribution in [2.75, 3.05) is 23.8 Å². The lowest BCUT2D eigenvalue weighted by atomic mass is 10.1. The molecule has 0 aliphatic rings. The first-order valence-electron chi connectivity index (χ1n) is 6.55. The number of nitrogens with zero attached hydrogens (tertiary/aromatic N) is 2. The number of aliphatic hydroxyl groups is 1. The maximum absolute atomic E-state index is 10.9. The second-order valence-corrected chi connectivity index (χ2v) is 4.67. The molecule has 0 heterocycles. The highest BCUT2D eigenvalue weighted by Gasteiger charge is 2.13.